The Balaban J connectivity index is 1.45. The van der Waals surface area contributed by atoms with Gasteiger partial charge in [0, 0.05) is 44.6 Å². The molecule has 2 N–H and O–H groups in total. The van der Waals surface area contributed by atoms with Gasteiger partial charge in [-0.15, -0.1) is 0 Å². The molecule has 7 nitrogen and oxygen atoms in total. The van der Waals surface area contributed by atoms with Gasteiger partial charge in [0.25, 0.3) is 0 Å². The molecule has 2 heterocycles. The maximum Gasteiger partial charge on any atom is 0.313 e. The lowest BCUT2D eigenvalue weighted by molar-refractivity contribution is -0.136. The maximum absolute atomic E-state index is 12.4. The topological polar surface area (TPSA) is 73.9 Å². The number of ether oxygens (including phenoxy) is 1. The summed E-state index contributed by atoms with van der Waals surface area (Å²) in [5.74, 6) is -1.28. The zero-order valence-corrected chi connectivity index (χ0v) is 17.3. The lowest BCUT2D eigenvalue weighted by atomic mass is 10.0. The average molecular weight is 409 g/mol. The molecule has 0 saturated carbocycles. The number of hydrogen-bond donors (Lipinski definition) is 2. The van der Waals surface area contributed by atoms with E-state index in [1.165, 1.54) is 11.3 Å². The Morgan fingerprint density at radius 3 is 2.57 bits per heavy atom. The van der Waals surface area contributed by atoms with Crippen molar-refractivity contribution in [3.63, 3.8) is 0 Å². The van der Waals surface area contributed by atoms with Crippen molar-refractivity contribution >= 4 is 23.2 Å². The standard InChI is InChI=1S/C23H28N4O3/c1-26-10-9-18-15-17(7-8-20(18)26)21(27-11-13-30-14-12-27)16-24-22(28)23(29)25-19-5-3-2-4-6-19/h2-8,15,21H,9-14,16H2,1H3,(H,24,28)(H,25,29)/t21-/m1/s1. The van der Waals surface area contributed by atoms with Crippen LogP contribution in [-0.4, -0.2) is 63.2 Å². The highest BCUT2D eigenvalue weighted by molar-refractivity contribution is 6.39. The lowest BCUT2D eigenvalue weighted by Crippen LogP contribution is -2.45. The third-order valence-corrected chi connectivity index (χ3v) is 5.80. The van der Waals surface area contributed by atoms with E-state index in [0.29, 0.717) is 25.4 Å². The molecule has 0 aromatic heterocycles. The molecule has 0 radical (unpaired) electrons. The average Bonchev–Trinajstić information content (AvgIpc) is 3.15. The van der Waals surface area contributed by atoms with E-state index in [4.69, 9.17) is 4.74 Å². The van der Waals surface area contributed by atoms with Gasteiger partial charge >= 0.3 is 11.8 Å². The number of morpholine rings is 1. The molecule has 0 unspecified atom stereocenters. The molecule has 0 aliphatic carbocycles. The van der Waals surface area contributed by atoms with Crippen molar-refractivity contribution in [3.05, 3.63) is 59.7 Å². The fourth-order valence-corrected chi connectivity index (χ4v) is 4.12. The number of benzene rings is 2. The van der Waals surface area contributed by atoms with Gasteiger partial charge in [-0.25, -0.2) is 0 Å². The minimum absolute atomic E-state index is 0.00131. The van der Waals surface area contributed by atoms with Gasteiger partial charge in [-0.2, -0.15) is 0 Å². The van der Waals surface area contributed by atoms with Crippen LogP contribution in [0.2, 0.25) is 0 Å². The van der Waals surface area contributed by atoms with E-state index >= 15 is 0 Å². The van der Waals surface area contributed by atoms with Crippen LogP contribution in [0.25, 0.3) is 0 Å². The van der Waals surface area contributed by atoms with Gasteiger partial charge in [0.05, 0.1) is 19.3 Å². The Hall–Kier alpha value is -2.90. The Labute approximate surface area is 177 Å². The minimum Gasteiger partial charge on any atom is -0.379 e. The van der Waals surface area contributed by atoms with Crippen LogP contribution in [0.4, 0.5) is 11.4 Å². The van der Waals surface area contributed by atoms with Crippen LogP contribution >= 0.6 is 0 Å². The number of anilines is 2. The molecule has 1 fully saturated rings. The zero-order chi connectivity index (χ0) is 20.9. The molecule has 1 atom stereocenters. The quantitative estimate of drug-likeness (QED) is 0.739. The molecule has 1 saturated heterocycles. The summed E-state index contributed by atoms with van der Waals surface area (Å²) in [5, 5.41) is 5.46. The molecule has 2 aromatic carbocycles. The van der Waals surface area contributed by atoms with Crippen LogP contribution in [-0.2, 0) is 20.7 Å². The largest absolute Gasteiger partial charge is 0.379 e. The van der Waals surface area contributed by atoms with Crippen LogP contribution in [0.1, 0.15) is 17.2 Å². The first-order valence-corrected chi connectivity index (χ1v) is 10.4. The first-order chi connectivity index (χ1) is 14.6. The highest BCUT2D eigenvalue weighted by Gasteiger charge is 2.26. The second-order valence-corrected chi connectivity index (χ2v) is 7.75. The zero-order valence-electron chi connectivity index (χ0n) is 17.3. The minimum atomic E-state index is -0.655. The van der Waals surface area contributed by atoms with Gasteiger partial charge in [-0.05, 0) is 35.7 Å². The predicted octanol–water partition coefficient (Wildman–Crippen LogP) is 1.81. The number of para-hydroxylation sites is 1. The summed E-state index contributed by atoms with van der Waals surface area (Å²) < 4.78 is 5.50. The Bertz CT molecular complexity index is 897. The molecule has 2 aliphatic rings. The van der Waals surface area contributed by atoms with Crippen LogP contribution in [0.5, 0.6) is 0 Å². The van der Waals surface area contributed by atoms with Crippen molar-refractivity contribution < 1.29 is 14.3 Å². The van der Waals surface area contributed by atoms with E-state index in [9.17, 15) is 9.59 Å². The predicted molar refractivity (Wildman–Crippen MR) is 117 cm³/mol. The molecule has 2 aromatic rings. The van der Waals surface area contributed by atoms with Gasteiger partial charge in [-0.1, -0.05) is 30.3 Å². The van der Waals surface area contributed by atoms with Crippen molar-refractivity contribution in [2.45, 2.75) is 12.5 Å². The van der Waals surface area contributed by atoms with Crippen LogP contribution in [0, 0.1) is 0 Å². The monoisotopic (exact) mass is 408 g/mol. The summed E-state index contributed by atoms with van der Waals surface area (Å²) in [6.45, 7) is 4.34. The number of amides is 2. The number of nitrogens with zero attached hydrogens (tertiary/aromatic N) is 2. The molecule has 2 aliphatic heterocycles. The molecule has 7 heteroatoms. The number of likely N-dealkylation sites (N-methyl/N-ethyl adjacent to an activating group) is 1. The van der Waals surface area contributed by atoms with Crippen molar-refractivity contribution in [3.8, 4) is 0 Å². The van der Waals surface area contributed by atoms with Crippen LogP contribution in [0.15, 0.2) is 48.5 Å². The van der Waals surface area contributed by atoms with E-state index in [0.717, 1.165) is 31.6 Å². The van der Waals surface area contributed by atoms with Crippen LogP contribution in [0.3, 0.4) is 0 Å². The number of fused-ring (bicyclic) bond motifs is 1. The molecule has 158 valence electrons. The molecule has 0 bridgehead atoms. The summed E-state index contributed by atoms with van der Waals surface area (Å²) in [6.07, 6.45) is 1.03. The fourth-order valence-electron chi connectivity index (χ4n) is 4.12. The number of hydrogen-bond acceptors (Lipinski definition) is 5. The van der Waals surface area contributed by atoms with Gasteiger partial charge < -0.3 is 20.3 Å². The third-order valence-electron chi connectivity index (χ3n) is 5.80. The van der Waals surface area contributed by atoms with Gasteiger partial charge in [0.15, 0.2) is 0 Å². The first kappa shape index (κ1) is 20.4. The van der Waals surface area contributed by atoms with Crippen molar-refractivity contribution in [1.82, 2.24) is 10.2 Å². The SMILES string of the molecule is CN1CCc2cc([C@@H](CNC(=O)C(=O)Nc3ccccc3)N3CCOCC3)ccc21. The molecular formula is C23H28N4O3. The summed E-state index contributed by atoms with van der Waals surface area (Å²) in [4.78, 5) is 29.3. The summed E-state index contributed by atoms with van der Waals surface area (Å²) in [7, 11) is 2.11. The van der Waals surface area contributed by atoms with E-state index in [1.54, 1.807) is 12.1 Å². The highest BCUT2D eigenvalue weighted by Crippen LogP contribution is 2.31. The summed E-state index contributed by atoms with van der Waals surface area (Å²) in [6, 6.07) is 15.5. The number of rotatable bonds is 5. The Kier molecular flexibility index (Phi) is 6.30. The molecule has 2 amide bonds. The van der Waals surface area contributed by atoms with Crippen molar-refractivity contribution in [2.75, 3.05) is 56.7 Å². The van der Waals surface area contributed by atoms with E-state index in [-0.39, 0.29) is 6.04 Å². The number of carbonyl (C=O) groups excluding carboxylic acids is 2. The second-order valence-electron chi connectivity index (χ2n) is 7.75. The summed E-state index contributed by atoms with van der Waals surface area (Å²) in [5.41, 5.74) is 4.37. The number of nitrogens with one attached hydrogen (secondary N) is 2. The fraction of sp³-hybridized carbons (Fsp3) is 0.391. The van der Waals surface area contributed by atoms with Gasteiger partial charge in [-0.3, -0.25) is 14.5 Å². The van der Waals surface area contributed by atoms with E-state index in [1.807, 2.05) is 18.2 Å². The summed E-state index contributed by atoms with van der Waals surface area (Å²) >= 11 is 0. The van der Waals surface area contributed by atoms with Crippen molar-refractivity contribution in [1.29, 1.82) is 0 Å². The molecule has 30 heavy (non-hydrogen) atoms. The molecule has 4 rings (SSSR count). The third kappa shape index (κ3) is 4.63. The van der Waals surface area contributed by atoms with E-state index < -0.39 is 11.8 Å². The Morgan fingerprint density at radius 1 is 1.03 bits per heavy atom. The Morgan fingerprint density at radius 2 is 1.80 bits per heavy atom. The second kappa shape index (κ2) is 9.28. The number of carbonyl (C=O) groups is 2. The van der Waals surface area contributed by atoms with Gasteiger partial charge in [0.1, 0.15) is 0 Å². The first-order valence-electron chi connectivity index (χ1n) is 10.4. The lowest BCUT2D eigenvalue weighted by Gasteiger charge is -2.35. The maximum atomic E-state index is 12.4. The molecular weight excluding hydrogens is 380 g/mol. The highest BCUT2D eigenvalue weighted by atomic mass is 16.5. The smallest absolute Gasteiger partial charge is 0.313 e. The van der Waals surface area contributed by atoms with Crippen molar-refractivity contribution in [2.24, 2.45) is 0 Å². The van der Waals surface area contributed by atoms with E-state index in [2.05, 4.69) is 45.7 Å². The van der Waals surface area contributed by atoms with Crippen LogP contribution < -0.4 is 15.5 Å². The van der Waals surface area contributed by atoms with Gasteiger partial charge in [0.2, 0.25) is 0 Å². The molecule has 0 spiro atoms. The normalized spacial score (nSPS) is 17.3.